The number of hydrogen-bond acceptors (Lipinski definition) is 3. The summed E-state index contributed by atoms with van der Waals surface area (Å²) in [4.78, 5) is 22.9. The van der Waals surface area contributed by atoms with Crippen molar-refractivity contribution in [2.45, 2.75) is 25.7 Å². The van der Waals surface area contributed by atoms with Crippen LogP contribution in [0.25, 0.3) is 0 Å². The summed E-state index contributed by atoms with van der Waals surface area (Å²) in [6.45, 7) is 0.608. The second-order valence-electron chi connectivity index (χ2n) is 5.49. The second-order valence-corrected chi connectivity index (χ2v) is 5.49. The number of carboxylic acids is 1. The molecule has 0 spiro atoms. The van der Waals surface area contributed by atoms with Crippen LogP contribution in [0.1, 0.15) is 36.0 Å². The molecule has 1 fully saturated rings. The molecule has 0 heterocycles. The zero-order valence-electron chi connectivity index (χ0n) is 12.2. The zero-order chi connectivity index (χ0) is 15.2. The topological polar surface area (TPSA) is 75.6 Å². The monoisotopic (exact) mass is 291 g/mol. The minimum Gasteiger partial charge on any atom is -0.497 e. The van der Waals surface area contributed by atoms with Crippen molar-refractivity contribution in [1.29, 1.82) is 0 Å². The van der Waals surface area contributed by atoms with Crippen LogP contribution in [-0.4, -0.2) is 30.6 Å². The lowest BCUT2D eigenvalue weighted by atomic mass is 9.82. The maximum Gasteiger partial charge on any atom is 0.306 e. The summed E-state index contributed by atoms with van der Waals surface area (Å²) in [5.41, 5.74) is 0.607. The summed E-state index contributed by atoms with van der Waals surface area (Å²) in [6, 6.07) is 6.98. The number of carbonyl (C=O) groups excluding carboxylic acids is 1. The standard InChI is InChI=1S/C16H21NO4/c1-21-14-8-6-12(7-9-14)15(18)17-10-11-2-4-13(5-3-11)16(19)20/h6-9,11,13H,2-5,10H2,1H3,(H,17,18)(H,19,20)/t11-,13-. The summed E-state index contributed by atoms with van der Waals surface area (Å²) in [6.07, 6.45) is 3.14. The Kier molecular flexibility index (Phi) is 5.20. The Hall–Kier alpha value is -2.04. The first-order valence-electron chi connectivity index (χ1n) is 7.25. The van der Waals surface area contributed by atoms with E-state index in [1.807, 2.05) is 0 Å². The molecular weight excluding hydrogens is 270 g/mol. The molecule has 21 heavy (non-hydrogen) atoms. The number of rotatable bonds is 5. The fourth-order valence-corrected chi connectivity index (χ4v) is 2.70. The number of benzene rings is 1. The molecule has 1 aromatic carbocycles. The molecule has 1 saturated carbocycles. The lowest BCUT2D eigenvalue weighted by Gasteiger charge is -2.26. The molecule has 1 aliphatic rings. The van der Waals surface area contributed by atoms with Crippen LogP contribution in [0.4, 0.5) is 0 Å². The van der Waals surface area contributed by atoms with E-state index in [0.717, 1.165) is 18.6 Å². The summed E-state index contributed by atoms with van der Waals surface area (Å²) in [5, 5.41) is 11.9. The van der Waals surface area contributed by atoms with E-state index in [1.54, 1.807) is 31.4 Å². The molecule has 1 amide bonds. The van der Waals surface area contributed by atoms with Gasteiger partial charge in [0.15, 0.2) is 0 Å². The molecule has 0 aliphatic heterocycles. The van der Waals surface area contributed by atoms with Crippen LogP contribution < -0.4 is 10.1 Å². The van der Waals surface area contributed by atoms with E-state index < -0.39 is 5.97 Å². The number of carbonyl (C=O) groups is 2. The van der Waals surface area contributed by atoms with E-state index in [2.05, 4.69) is 5.32 Å². The van der Waals surface area contributed by atoms with Crippen LogP contribution in [0.5, 0.6) is 5.75 Å². The average molecular weight is 291 g/mol. The molecular formula is C16H21NO4. The van der Waals surface area contributed by atoms with Gasteiger partial charge in [-0.25, -0.2) is 0 Å². The number of nitrogens with one attached hydrogen (secondary N) is 1. The van der Waals surface area contributed by atoms with E-state index in [9.17, 15) is 9.59 Å². The van der Waals surface area contributed by atoms with Gasteiger partial charge in [0.2, 0.25) is 0 Å². The van der Waals surface area contributed by atoms with E-state index >= 15 is 0 Å². The molecule has 1 aliphatic carbocycles. The van der Waals surface area contributed by atoms with Crippen LogP contribution >= 0.6 is 0 Å². The Morgan fingerprint density at radius 3 is 2.33 bits per heavy atom. The van der Waals surface area contributed by atoms with Gasteiger partial charge in [0.05, 0.1) is 13.0 Å². The maximum atomic E-state index is 12.0. The van der Waals surface area contributed by atoms with Gasteiger partial charge in [-0.05, 0) is 55.9 Å². The first-order valence-corrected chi connectivity index (χ1v) is 7.25. The van der Waals surface area contributed by atoms with Crippen LogP contribution in [0.3, 0.4) is 0 Å². The minimum atomic E-state index is -0.698. The number of methoxy groups -OCH3 is 1. The van der Waals surface area contributed by atoms with Crippen molar-refractivity contribution in [1.82, 2.24) is 5.32 Å². The molecule has 0 radical (unpaired) electrons. The van der Waals surface area contributed by atoms with E-state index in [4.69, 9.17) is 9.84 Å². The molecule has 2 N–H and O–H groups in total. The highest BCUT2D eigenvalue weighted by Crippen LogP contribution is 2.28. The number of hydrogen-bond donors (Lipinski definition) is 2. The summed E-state index contributed by atoms with van der Waals surface area (Å²) in [5.74, 6) is 0.0913. The summed E-state index contributed by atoms with van der Waals surface area (Å²) < 4.78 is 5.05. The molecule has 0 bridgehead atoms. The summed E-state index contributed by atoms with van der Waals surface area (Å²) >= 11 is 0. The van der Waals surface area contributed by atoms with Crippen molar-refractivity contribution in [3.05, 3.63) is 29.8 Å². The number of aliphatic carboxylic acids is 1. The van der Waals surface area contributed by atoms with Gasteiger partial charge in [-0.2, -0.15) is 0 Å². The van der Waals surface area contributed by atoms with Crippen molar-refractivity contribution in [3.8, 4) is 5.75 Å². The van der Waals surface area contributed by atoms with Crippen LogP contribution in [-0.2, 0) is 4.79 Å². The van der Waals surface area contributed by atoms with Crippen molar-refractivity contribution < 1.29 is 19.4 Å². The molecule has 114 valence electrons. The second kappa shape index (κ2) is 7.11. The van der Waals surface area contributed by atoms with Crippen LogP contribution in [0, 0.1) is 11.8 Å². The van der Waals surface area contributed by atoms with Crippen molar-refractivity contribution >= 4 is 11.9 Å². The van der Waals surface area contributed by atoms with Crippen LogP contribution in [0.15, 0.2) is 24.3 Å². The molecule has 1 aromatic rings. The van der Waals surface area contributed by atoms with Gasteiger partial charge in [-0.3, -0.25) is 9.59 Å². The molecule has 5 nitrogen and oxygen atoms in total. The quantitative estimate of drug-likeness (QED) is 0.873. The first kappa shape index (κ1) is 15.4. The molecule has 0 atom stereocenters. The lowest BCUT2D eigenvalue weighted by molar-refractivity contribution is -0.143. The van der Waals surface area contributed by atoms with Crippen molar-refractivity contribution in [3.63, 3.8) is 0 Å². The van der Waals surface area contributed by atoms with Gasteiger partial charge in [-0.1, -0.05) is 0 Å². The van der Waals surface area contributed by atoms with Gasteiger partial charge >= 0.3 is 5.97 Å². The van der Waals surface area contributed by atoms with Gasteiger partial charge in [-0.15, -0.1) is 0 Å². The Bertz CT molecular complexity index is 490. The number of carboxylic acid groups (broad SMARTS) is 1. The van der Waals surface area contributed by atoms with E-state index in [1.165, 1.54) is 0 Å². The zero-order valence-corrected chi connectivity index (χ0v) is 12.2. The van der Waals surface area contributed by atoms with Gasteiger partial charge in [0, 0.05) is 12.1 Å². The Balaban J connectivity index is 1.77. The summed E-state index contributed by atoms with van der Waals surface area (Å²) in [7, 11) is 1.59. The van der Waals surface area contributed by atoms with Gasteiger partial charge in [0.1, 0.15) is 5.75 Å². The third kappa shape index (κ3) is 4.21. The van der Waals surface area contributed by atoms with Crippen molar-refractivity contribution in [2.75, 3.05) is 13.7 Å². The van der Waals surface area contributed by atoms with E-state index in [0.29, 0.717) is 30.9 Å². The smallest absolute Gasteiger partial charge is 0.306 e. The molecule has 0 aromatic heterocycles. The number of ether oxygens (including phenoxy) is 1. The molecule has 0 unspecified atom stereocenters. The van der Waals surface area contributed by atoms with Gasteiger partial charge < -0.3 is 15.2 Å². The van der Waals surface area contributed by atoms with Crippen LogP contribution in [0.2, 0.25) is 0 Å². The maximum absolute atomic E-state index is 12.0. The first-order chi connectivity index (χ1) is 10.1. The highest BCUT2D eigenvalue weighted by molar-refractivity contribution is 5.94. The molecule has 5 heteroatoms. The highest BCUT2D eigenvalue weighted by Gasteiger charge is 2.26. The largest absolute Gasteiger partial charge is 0.497 e. The fourth-order valence-electron chi connectivity index (χ4n) is 2.70. The third-order valence-electron chi connectivity index (χ3n) is 4.10. The SMILES string of the molecule is COc1ccc(C(=O)NC[C@H]2CC[C@H](C(=O)O)CC2)cc1. The normalized spacial score (nSPS) is 21.6. The van der Waals surface area contributed by atoms with Gasteiger partial charge in [0.25, 0.3) is 5.91 Å². The fraction of sp³-hybridized carbons (Fsp3) is 0.500. The predicted octanol–water partition coefficient (Wildman–Crippen LogP) is 2.32. The lowest BCUT2D eigenvalue weighted by Crippen LogP contribution is -2.32. The Labute approximate surface area is 124 Å². The number of amides is 1. The minimum absolute atomic E-state index is 0.0991. The molecule has 0 saturated heterocycles. The predicted molar refractivity (Wildman–Crippen MR) is 78.4 cm³/mol. The van der Waals surface area contributed by atoms with E-state index in [-0.39, 0.29) is 11.8 Å². The Morgan fingerprint density at radius 2 is 1.81 bits per heavy atom. The average Bonchev–Trinajstić information content (AvgIpc) is 2.53. The molecule has 2 rings (SSSR count). The Morgan fingerprint density at radius 1 is 1.19 bits per heavy atom. The highest BCUT2D eigenvalue weighted by atomic mass is 16.5. The van der Waals surface area contributed by atoms with Crippen molar-refractivity contribution in [2.24, 2.45) is 11.8 Å². The third-order valence-corrected chi connectivity index (χ3v) is 4.10.